The van der Waals surface area contributed by atoms with Gasteiger partial charge in [0.15, 0.2) is 11.5 Å². The lowest BCUT2D eigenvalue weighted by molar-refractivity contribution is 0.0996. The highest BCUT2D eigenvalue weighted by atomic mass is 35.5. The second-order valence-corrected chi connectivity index (χ2v) is 7.22. The number of fused-ring (bicyclic) bond motifs is 2. The fourth-order valence-corrected chi connectivity index (χ4v) is 3.58. The SMILES string of the molecule is Cc1cc2oc(=O)cc(-c3oc4ccccc4c3NC(=O)c3ccco3)c2cc1Cl. The number of aryl methyl sites for hydroxylation is 1. The summed E-state index contributed by atoms with van der Waals surface area (Å²) in [7, 11) is 0. The molecule has 0 saturated carbocycles. The second kappa shape index (κ2) is 6.93. The van der Waals surface area contributed by atoms with Crippen LogP contribution in [0.1, 0.15) is 16.1 Å². The van der Waals surface area contributed by atoms with Gasteiger partial charge >= 0.3 is 5.63 Å². The Kier molecular flexibility index (Phi) is 4.22. The minimum atomic E-state index is -0.539. The summed E-state index contributed by atoms with van der Waals surface area (Å²) in [5.41, 5.74) is 2.07. The molecule has 0 spiro atoms. The molecule has 6 nitrogen and oxygen atoms in total. The standard InChI is InChI=1S/C23H14ClNO5/c1-12-9-19-14(10-16(12)24)15(11-20(26)29-19)22-21(13-5-2-3-6-17(13)30-22)25-23(27)18-7-4-8-28-18/h2-11H,1H3,(H,25,27). The van der Waals surface area contributed by atoms with E-state index in [1.165, 1.54) is 12.3 Å². The molecule has 0 atom stereocenters. The van der Waals surface area contributed by atoms with E-state index in [-0.39, 0.29) is 5.76 Å². The van der Waals surface area contributed by atoms with Crippen molar-refractivity contribution < 1.29 is 18.0 Å². The Hall–Kier alpha value is -3.77. The van der Waals surface area contributed by atoms with Gasteiger partial charge in [-0.15, -0.1) is 0 Å². The topological polar surface area (TPSA) is 85.6 Å². The zero-order chi connectivity index (χ0) is 20.8. The number of nitrogens with one attached hydrogen (secondary N) is 1. The number of carbonyl (C=O) groups is 1. The van der Waals surface area contributed by atoms with Crippen LogP contribution < -0.4 is 10.9 Å². The van der Waals surface area contributed by atoms with Gasteiger partial charge in [-0.05, 0) is 48.9 Å². The van der Waals surface area contributed by atoms with Gasteiger partial charge in [-0.2, -0.15) is 0 Å². The van der Waals surface area contributed by atoms with Crippen LogP contribution in [0.4, 0.5) is 5.69 Å². The van der Waals surface area contributed by atoms with E-state index < -0.39 is 11.5 Å². The monoisotopic (exact) mass is 419 g/mol. The first kappa shape index (κ1) is 18.3. The molecule has 0 radical (unpaired) electrons. The summed E-state index contributed by atoms with van der Waals surface area (Å²) in [4.78, 5) is 24.9. The molecule has 0 aliphatic carbocycles. The van der Waals surface area contributed by atoms with Crippen molar-refractivity contribution in [3.05, 3.63) is 87.6 Å². The third-order valence-electron chi connectivity index (χ3n) is 4.85. The predicted molar refractivity (Wildman–Crippen MR) is 114 cm³/mol. The molecule has 0 aliphatic heterocycles. The maximum Gasteiger partial charge on any atom is 0.336 e. The van der Waals surface area contributed by atoms with Crippen LogP contribution in [0, 0.1) is 6.92 Å². The van der Waals surface area contributed by atoms with Gasteiger partial charge in [0.05, 0.1) is 12.0 Å². The smallest absolute Gasteiger partial charge is 0.336 e. The van der Waals surface area contributed by atoms with Crippen molar-refractivity contribution in [3.8, 4) is 11.3 Å². The number of para-hydroxylation sites is 1. The quantitative estimate of drug-likeness (QED) is 0.362. The van der Waals surface area contributed by atoms with Gasteiger partial charge in [0.25, 0.3) is 5.91 Å². The first-order chi connectivity index (χ1) is 14.5. The minimum absolute atomic E-state index is 0.155. The molecular formula is C23H14ClNO5. The Morgan fingerprint density at radius 1 is 0.967 bits per heavy atom. The molecule has 0 fully saturated rings. The van der Waals surface area contributed by atoms with E-state index in [1.54, 1.807) is 30.3 Å². The maximum absolute atomic E-state index is 12.7. The fourth-order valence-electron chi connectivity index (χ4n) is 3.41. The molecule has 30 heavy (non-hydrogen) atoms. The lowest BCUT2D eigenvalue weighted by Gasteiger charge is -2.08. The predicted octanol–water partition coefficient (Wildman–Crippen LogP) is 6.01. The van der Waals surface area contributed by atoms with Crippen LogP contribution in [0.15, 0.2) is 78.9 Å². The molecule has 0 unspecified atom stereocenters. The van der Waals surface area contributed by atoms with Gasteiger partial charge in [0, 0.05) is 27.4 Å². The Balaban J connectivity index is 1.78. The Labute approximate surface area is 174 Å². The lowest BCUT2D eigenvalue weighted by Crippen LogP contribution is -2.11. The molecule has 5 rings (SSSR count). The minimum Gasteiger partial charge on any atom is -0.459 e. The fraction of sp³-hybridized carbons (Fsp3) is 0.0435. The highest BCUT2D eigenvalue weighted by Gasteiger charge is 2.22. The normalized spacial score (nSPS) is 11.3. The van der Waals surface area contributed by atoms with E-state index in [9.17, 15) is 9.59 Å². The van der Waals surface area contributed by atoms with Crippen molar-refractivity contribution in [2.24, 2.45) is 0 Å². The van der Waals surface area contributed by atoms with E-state index in [2.05, 4.69) is 5.32 Å². The molecule has 3 aromatic heterocycles. The molecule has 2 aromatic carbocycles. The number of halogens is 1. The first-order valence-electron chi connectivity index (χ1n) is 9.12. The second-order valence-electron chi connectivity index (χ2n) is 6.81. The van der Waals surface area contributed by atoms with Gasteiger partial charge < -0.3 is 18.6 Å². The molecule has 0 aliphatic rings. The summed E-state index contributed by atoms with van der Waals surface area (Å²) in [5.74, 6) is 0.0465. The number of hydrogen-bond donors (Lipinski definition) is 1. The van der Waals surface area contributed by atoms with Crippen molar-refractivity contribution in [2.45, 2.75) is 6.92 Å². The third kappa shape index (κ3) is 2.98. The third-order valence-corrected chi connectivity index (χ3v) is 5.25. The highest BCUT2D eigenvalue weighted by Crippen LogP contribution is 2.41. The maximum atomic E-state index is 12.7. The number of rotatable bonds is 3. The molecular weight excluding hydrogens is 406 g/mol. The summed E-state index contributed by atoms with van der Waals surface area (Å²) < 4.78 is 16.6. The molecule has 3 heterocycles. The van der Waals surface area contributed by atoms with Crippen molar-refractivity contribution in [3.63, 3.8) is 0 Å². The summed E-state index contributed by atoms with van der Waals surface area (Å²) in [6, 6.07) is 15.2. The molecule has 1 N–H and O–H groups in total. The number of carbonyl (C=O) groups excluding carboxylic acids is 1. The van der Waals surface area contributed by atoms with Crippen LogP contribution in [0.2, 0.25) is 5.02 Å². The molecule has 5 aromatic rings. The number of amides is 1. The zero-order valence-electron chi connectivity index (χ0n) is 15.7. The van der Waals surface area contributed by atoms with Gasteiger partial charge in [0.1, 0.15) is 11.2 Å². The van der Waals surface area contributed by atoms with Crippen molar-refractivity contribution in [2.75, 3.05) is 5.32 Å². The summed E-state index contributed by atoms with van der Waals surface area (Å²) in [5, 5.41) is 4.66. The van der Waals surface area contributed by atoms with Gasteiger partial charge in [-0.3, -0.25) is 4.79 Å². The highest BCUT2D eigenvalue weighted by molar-refractivity contribution is 6.32. The molecule has 148 valence electrons. The van der Waals surface area contributed by atoms with Crippen LogP contribution in [-0.2, 0) is 0 Å². The number of anilines is 1. The van der Waals surface area contributed by atoms with Crippen LogP contribution in [0.5, 0.6) is 0 Å². The van der Waals surface area contributed by atoms with Crippen LogP contribution >= 0.6 is 11.6 Å². The van der Waals surface area contributed by atoms with Gasteiger partial charge in [-0.25, -0.2) is 4.79 Å². The van der Waals surface area contributed by atoms with E-state index in [4.69, 9.17) is 24.9 Å². The molecule has 1 amide bonds. The van der Waals surface area contributed by atoms with Crippen LogP contribution in [-0.4, -0.2) is 5.91 Å². The summed E-state index contributed by atoms with van der Waals surface area (Å²) in [6.45, 7) is 1.82. The number of furan rings is 2. The number of hydrogen-bond acceptors (Lipinski definition) is 5. The molecule has 0 saturated heterocycles. The van der Waals surface area contributed by atoms with Crippen LogP contribution in [0.3, 0.4) is 0 Å². The average molecular weight is 420 g/mol. The van der Waals surface area contributed by atoms with Crippen LogP contribution in [0.25, 0.3) is 33.3 Å². The van der Waals surface area contributed by atoms with E-state index in [0.29, 0.717) is 44.0 Å². The Bertz CT molecular complexity index is 1480. The largest absolute Gasteiger partial charge is 0.459 e. The van der Waals surface area contributed by atoms with E-state index >= 15 is 0 Å². The summed E-state index contributed by atoms with van der Waals surface area (Å²) in [6.07, 6.45) is 1.42. The first-order valence-corrected chi connectivity index (χ1v) is 9.50. The molecule has 0 bridgehead atoms. The van der Waals surface area contributed by atoms with E-state index in [0.717, 1.165) is 5.56 Å². The molecule has 7 heteroatoms. The van der Waals surface area contributed by atoms with Crippen molar-refractivity contribution in [1.29, 1.82) is 0 Å². The number of benzene rings is 2. The Morgan fingerprint density at radius 2 is 1.80 bits per heavy atom. The van der Waals surface area contributed by atoms with E-state index in [1.807, 2.05) is 25.1 Å². The van der Waals surface area contributed by atoms with Gasteiger partial charge in [0.2, 0.25) is 0 Å². The lowest BCUT2D eigenvalue weighted by atomic mass is 10.0. The Morgan fingerprint density at radius 3 is 2.60 bits per heavy atom. The van der Waals surface area contributed by atoms with Crippen molar-refractivity contribution in [1.82, 2.24) is 0 Å². The zero-order valence-corrected chi connectivity index (χ0v) is 16.4. The average Bonchev–Trinajstić information content (AvgIpc) is 3.37. The van der Waals surface area contributed by atoms with Gasteiger partial charge in [-0.1, -0.05) is 23.7 Å². The van der Waals surface area contributed by atoms with Crippen molar-refractivity contribution >= 4 is 45.1 Å². The summed E-state index contributed by atoms with van der Waals surface area (Å²) >= 11 is 6.32.